The van der Waals surface area contributed by atoms with Gasteiger partial charge >= 0.3 is 0 Å². The van der Waals surface area contributed by atoms with Crippen molar-refractivity contribution in [2.45, 2.75) is 4.55 Å². The van der Waals surface area contributed by atoms with Crippen LogP contribution in [0.2, 0.25) is 0 Å². The van der Waals surface area contributed by atoms with Crippen molar-refractivity contribution in [1.29, 1.82) is 0 Å². The van der Waals surface area contributed by atoms with Crippen LogP contribution in [-0.4, -0.2) is 9.78 Å². The van der Waals surface area contributed by atoms with E-state index in [1.54, 1.807) is 6.20 Å². The average Bonchev–Trinajstić information content (AvgIpc) is 2.14. The van der Waals surface area contributed by atoms with Crippen molar-refractivity contribution < 1.29 is 0 Å². The minimum atomic E-state index is 0.935. The SMILES string of the molecule is ICn1cccn1. The Kier molecular flexibility index (Phi) is 1.67. The third-order valence-corrected chi connectivity index (χ3v) is 1.38. The van der Waals surface area contributed by atoms with E-state index < -0.39 is 0 Å². The molecule has 1 aromatic rings. The molecule has 0 amide bonds. The summed E-state index contributed by atoms with van der Waals surface area (Å²) in [6.45, 7) is 0. The summed E-state index contributed by atoms with van der Waals surface area (Å²) in [5.74, 6) is 0. The van der Waals surface area contributed by atoms with Gasteiger partial charge in [-0.15, -0.1) is 0 Å². The van der Waals surface area contributed by atoms with Gasteiger partial charge in [-0.05, 0) is 6.07 Å². The molecule has 7 heavy (non-hydrogen) atoms. The Balaban J connectivity index is 2.76. The van der Waals surface area contributed by atoms with Crippen LogP contribution in [0.1, 0.15) is 0 Å². The zero-order valence-electron chi connectivity index (χ0n) is 3.71. The lowest BCUT2D eigenvalue weighted by Crippen LogP contribution is -1.88. The Labute approximate surface area is 55.7 Å². The van der Waals surface area contributed by atoms with Crippen LogP contribution < -0.4 is 0 Å². The first-order valence-corrected chi connectivity index (χ1v) is 3.49. The van der Waals surface area contributed by atoms with Crippen LogP contribution in [0.4, 0.5) is 0 Å². The van der Waals surface area contributed by atoms with Gasteiger partial charge in [-0.3, -0.25) is 4.68 Å². The fourth-order valence-electron chi connectivity index (χ4n) is 0.371. The summed E-state index contributed by atoms with van der Waals surface area (Å²) >= 11 is 2.25. The van der Waals surface area contributed by atoms with Crippen molar-refractivity contribution >= 4 is 22.6 Å². The largest absolute Gasteiger partial charge is 0.263 e. The lowest BCUT2D eigenvalue weighted by atomic mass is 10.8. The standard InChI is InChI=1S/C4H5IN2/c5-4-7-3-1-2-6-7/h1-3H,4H2. The van der Waals surface area contributed by atoms with Gasteiger partial charge in [0, 0.05) is 12.4 Å². The molecule has 0 aliphatic heterocycles. The van der Waals surface area contributed by atoms with Crippen LogP contribution in [0, 0.1) is 0 Å². The molecular weight excluding hydrogens is 203 g/mol. The van der Waals surface area contributed by atoms with E-state index in [1.165, 1.54) is 0 Å². The van der Waals surface area contributed by atoms with Crippen molar-refractivity contribution in [3.05, 3.63) is 18.5 Å². The highest BCUT2D eigenvalue weighted by atomic mass is 127. The number of aromatic nitrogens is 2. The lowest BCUT2D eigenvalue weighted by Gasteiger charge is -1.86. The van der Waals surface area contributed by atoms with Gasteiger partial charge in [0.1, 0.15) is 0 Å². The maximum absolute atomic E-state index is 3.94. The third-order valence-electron chi connectivity index (χ3n) is 0.682. The minimum absolute atomic E-state index is 0.935. The minimum Gasteiger partial charge on any atom is -0.263 e. The van der Waals surface area contributed by atoms with Crippen LogP contribution >= 0.6 is 22.6 Å². The average molecular weight is 208 g/mol. The highest BCUT2D eigenvalue weighted by Crippen LogP contribution is 1.88. The second kappa shape index (κ2) is 2.30. The van der Waals surface area contributed by atoms with Crippen LogP contribution in [0.5, 0.6) is 0 Å². The van der Waals surface area contributed by atoms with Crippen molar-refractivity contribution in [1.82, 2.24) is 9.78 Å². The number of alkyl halides is 1. The summed E-state index contributed by atoms with van der Waals surface area (Å²) in [7, 11) is 0. The fraction of sp³-hybridized carbons (Fsp3) is 0.250. The number of nitrogens with zero attached hydrogens (tertiary/aromatic N) is 2. The first-order chi connectivity index (χ1) is 3.43. The smallest absolute Gasteiger partial charge is 0.0923 e. The predicted molar refractivity (Wildman–Crippen MR) is 36.2 cm³/mol. The number of rotatable bonds is 1. The van der Waals surface area contributed by atoms with Gasteiger partial charge in [-0.1, -0.05) is 22.6 Å². The van der Waals surface area contributed by atoms with Crippen molar-refractivity contribution in [3.63, 3.8) is 0 Å². The maximum atomic E-state index is 3.94. The summed E-state index contributed by atoms with van der Waals surface area (Å²) in [5.41, 5.74) is 0. The molecule has 2 nitrogen and oxygen atoms in total. The van der Waals surface area contributed by atoms with Crippen molar-refractivity contribution in [3.8, 4) is 0 Å². The molecule has 3 heteroatoms. The van der Waals surface area contributed by atoms with E-state index in [2.05, 4.69) is 27.7 Å². The summed E-state index contributed by atoms with van der Waals surface area (Å²) in [6, 6.07) is 1.92. The number of hydrogen-bond donors (Lipinski definition) is 0. The molecule has 0 N–H and O–H groups in total. The Morgan fingerprint density at radius 1 is 1.71 bits per heavy atom. The molecule has 0 aliphatic carbocycles. The van der Waals surface area contributed by atoms with Gasteiger partial charge in [0.05, 0.1) is 4.55 Å². The van der Waals surface area contributed by atoms with Gasteiger partial charge in [0.2, 0.25) is 0 Å². The van der Waals surface area contributed by atoms with E-state index >= 15 is 0 Å². The molecule has 0 aromatic carbocycles. The first-order valence-electron chi connectivity index (χ1n) is 1.97. The molecule has 1 aromatic heterocycles. The van der Waals surface area contributed by atoms with E-state index in [9.17, 15) is 0 Å². The zero-order chi connectivity index (χ0) is 5.11. The lowest BCUT2D eigenvalue weighted by molar-refractivity contribution is 0.768. The van der Waals surface area contributed by atoms with Gasteiger partial charge in [0.25, 0.3) is 0 Å². The molecule has 0 atom stereocenters. The van der Waals surface area contributed by atoms with Gasteiger partial charge in [0.15, 0.2) is 0 Å². The van der Waals surface area contributed by atoms with E-state index in [1.807, 2.05) is 16.9 Å². The first kappa shape index (κ1) is 5.08. The Hall–Kier alpha value is -0.0600. The predicted octanol–water partition coefficient (Wildman–Crippen LogP) is 1.28. The van der Waals surface area contributed by atoms with Crippen LogP contribution in [0.25, 0.3) is 0 Å². The fourth-order valence-corrected chi connectivity index (χ4v) is 0.775. The molecule has 0 spiro atoms. The Morgan fingerprint density at radius 2 is 2.57 bits per heavy atom. The molecule has 1 rings (SSSR count). The quantitative estimate of drug-likeness (QED) is 0.502. The topological polar surface area (TPSA) is 17.8 Å². The van der Waals surface area contributed by atoms with E-state index in [4.69, 9.17) is 0 Å². The maximum Gasteiger partial charge on any atom is 0.0923 e. The number of halogens is 1. The van der Waals surface area contributed by atoms with Gasteiger partial charge < -0.3 is 0 Å². The summed E-state index contributed by atoms with van der Waals surface area (Å²) in [5, 5.41) is 3.94. The molecule has 38 valence electrons. The highest BCUT2D eigenvalue weighted by molar-refractivity contribution is 14.1. The van der Waals surface area contributed by atoms with Crippen LogP contribution in [0.15, 0.2) is 18.5 Å². The van der Waals surface area contributed by atoms with Gasteiger partial charge in [-0.2, -0.15) is 5.10 Å². The molecule has 0 aliphatic rings. The van der Waals surface area contributed by atoms with Gasteiger partial charge in [-0.25, -0.2) is 0 Å². The number of hydrogen-bond acceptors (Lipinski definition) is 1. The Morgan fingerprint density at radius 3 is 2.86 bits per heavy atom. The normalized spacial score (nSPS) is 9.29. The molecule has 0 unspecified atom stereocenters. The van der Waals surface area contributed by atoms with E-state index in [0.717, 1.165) is 4.55 Å². The molecule has 0 fully saturated rings. The Bertz CT molecular complexity index is 124. The third kappa shape index (κ3) is 1.15. The second-order valence-electron chi connectivity index (χ2n) is 1.17. The van der Waals surface area contributed by atoms with Crippen molar-refractivity contribution in [2.75, 3.05) is 0 Å². The summed E-state index contributed by atoms with van der Waals surface area (Å²) in [6.07, 6.45) is 3.71. The summed E-state index contributed by atoms with van der Waals surface area (Å²) < 4.78 is 2.80. The highest BCUT2D eigenvalue weighted by Gasteiger charge is 1.78. The van der Waals surface area contributed by atoms with Crippen molar-refractivity contribution in [2.24, 2.45) is 0 Å². The van der Waals surface area contributed by atoms with E-state index in [0.29, 0.717) is 0 Å². The molecule has 0 radical (unpaired) electrons. The molecule has 0 bridgehead atoms. The van der Waals surface area contributed by atoms with E-state index in [-0.39, 0.29) is 0 Å². The molecule has 0 saturated carbocycles. The zero-order valence-corrected chi connectivity index (χ0v) is 5.87. The summed E-state index contributed by atoms with van der Waals surface area (Å²) in [4.78, 5) is 0. The van der Waals surface area contributed by atoms with Crippen LogP contribution in [0.3, 0.4) is 0 Å². The molecule has 0 saturated heterocycles. The second-order valence-corrected chi connectivity index (χ2v) is 1.85. The molecular formula is C4H5IN2. The molecule has 1 heterocycles. The van der Waals surface area contributed by atoms with Crippen LogP contribution in [-0.2, 0) is 4.55 Å². The monoisotopic (exact) mass is 208 g/mol.